The Morgan fingerprint density at radius 2 is 2.42 bits per heavy atom. The predicted octanol–water partition coefficient (Wildman–Crippen LogP) is 0.0528. The fourth-order valence-electron chi connectivity index (χ4n) is 0.950. The van der Waals surface area contributed by atoms with Crippen LogP contribution in [0.4, 0.5) is 0 Å². The lowest BCUT2D eigenvalue weighted by Gasteiger charge is -2.06. The molecule has 1 rings (SSSR count). The third-order valence-corrected chi connectivity index (χ3v) is 1.99. The molecular formula is C8H12N2O2. The van der Waals surface area contributed by atoms with Gasteiger partial charge >= 0.3 is 0 Å². The van der Waals surface area contributed by atoms with Crippen LogP contribution >= 0.6 is 0 Å². The Balaban J connectivity index is 2.26. The number of carbonyl (C=O) groups excluding carboxylic acids is 1. The first-order chi connectivity index (χ1) is 5.75. The van der Waals surface area contributed by atoms with Gasteiger partial charge in [0, 0.05) is 13.7 Å². The lowest BCUT2D eigenvalue weighted by molar-refractivity contribution is -0.124. The van der Waals surface area contributed by atoms with Crippen LogP contribution in [0.3, 0.4) is 0 Å². The van der Waals surface area contributed by atoms with Crippen molar-refractivity contribution < 1.29 is 9.53 Å². The average molecular weight is 168 g/mol. The van der Waals surface area contributed by atoms with Gasteiger partial charge in [0.2, 0.25) is 5.91 Å². The standard InChI is InChI=1S/C8H12N2O2/c1-12-5-4-10-7(11)8(6-9)2-3-8/h2-5H2,1H3,(H,10,11). The predicted molar refractivity (Wildman–Crippen MR) is 42.2 cm³/mol. The molecule has 0 unspecified atom stereocenters. The minimum atomic E-state index is -0.701. The van der Waals surface area contributed by atoms with E-state index in [1.807, 2.05) is 6.07 Å². The molecule has 0 aliphatic heterocycles. The van der Waals surface area contributed by atoms with Crippen molar-refractivity contribution in [2.75, 3.05) is 20.3 Å². The third kappa shape index (κ3) is 1.74. The SMILES string of the molecule is COCCNC(=O)C1(C#N)CC1. The van der Waals surface area contributed by atoms with Gasteiger partial charge in [0.05, 0.1) is 12.7 Å². The zero-order valence-electron chi connectivity index (χ0n) is 7.09. The molecule has 0 radical (unpaired) electrons. The maximum atomic E-state index is 11.2. The molecule has 1 amide bonds. The molecule has 4 heteroatoms. The number of nitrogens with one attached hydrogen (secondary N) is 1. The Bertz CT molecular complexity index is 216. The minimum Gasteiger partial charge on any atom is -0.383 e. The van der Waals surface area contributed by atoms with E-state index in [2.05, 4.69) is 5.32 Å². The highest BCUT2D eigenvalue weighted by molar-refractivity contribution is 5.88. The third-order valence-electron chi connectivity index (χ3n) is 1.99. The van der Waals surface area contributed by atoms with Gasteiger partial charge in [-0.1, -0.05) is 0 Å². The summed E-state index contributed by atoms with van der Waals surface area (Å²) in [4.78, 5) is 11.2. The van der Waals surface area contributed by atoms with Crippen molar-refractivity contribution >= 4 is 5.91 Å². The van der Waals surface area contributed by atoms with Crippen LogP contribution in [0.15, 0.2) is 0 Å². The number of hydrogen-bond acceptors (Lipinski definition) is 3. The fraction of sp³-hybridized carbons (Fsp3) is 0.750. The van der Waals surface area contributed by atoms with Crippen molar-refractivity contribution in [3.05, 3.63) is 0 Å². The summed E-state index contributed by atoms with van der Waals surface area (Å²) in [6, 6.07) is 2.03. The zero-order chi connectivity index (χ0) is 9.03. The summed E-state index contributed by atoms with van der Waals surface area (Å²) >= 11 is 0. The number of hydrogen-bond donors (Lipinski definition) is 1. The van der Waals surface area contributed by atoms with Crippen LogP contribution in [0.5, 0.6) is 0 Å². The van der Waals surface area contributed by atoms with E-state index in [-0.39, 0.29) is 5.91 Å². The van der Waals surface area contributed by atoms with Gasteiger partial charge < -0.3 is 10.1 Å². The Labute approximate surface area is 71.5 Å². The molecule has 0 aromatic heterocycles. The van der Waals surface area contributed by atoms with Gasteiger partial charge in [-0.2, -0.15) is 5.26 Å². The molecule has 0 aromatic carbocycles. The summed E-state index contributed by atoms with van der Waals surface area (Å²) in [5.41, 5.74) is -0.701. The average Bonchev–Trinajstić information content (AvgIpc) is 2.85. The van der Waals surface area contributed by atoms with Crippen molar-refractivity contribution in [3.8, 4) is 6.07 Å². The second-order valence-electron chi connectivity index (χ2n) is 2.94. The monoisotopic (exact) mass is 168 g/mol. The smallest absolute Gasteiger partial charge is 0.240 e. The van der Waals surface area contributed by atoms with E-state index in [4.69, 9.17) is 10.00 Å². The van der Waals surface area contributed by atoms with E-state index in [1.54, 1.807) is 7.11 Å². The number of methoxy groups -OCH3 is 1. The minimum absolute atomic E-state index is 0.151. The summed E-state index contributed by atoms with van der Waals surface area (Å²) < 4.78 is 4.76. The topological polar surface area (TPSA) is 62.1 Å². The fourth-order valence-corrected chi connectivity index (χ4v) is 0.950. The van der Waals surface area contributed by atoms with Gasteiger partial charge in [-0.3, -0.25) is 4.79 Å². The van der Waals surface area contributed by atoms with Crippen LogP contribution in [-0.4, -0.2) is 26.2 Å². The lowest BCUT2D eigenvalue weighted by Crippen LogP contribution is -2.33. The molecule has 0 heterocycles. The van der Waals surface area contributed by atoms with E-state index < -0.39 is 5.41 Å². The molecule has 0 bridgehead atoms. The molecule has 0 saturated heterocycles. The number of nitriles is 1. The van der Waals surface area contributed by atoms with E-state index in [0.29, 0.717) is 26.0 Å². The molecule has 0 aromatic rings. The molecule has 0 atom stereocenters. The first kappa shape index (κ1) is 9.01. The molecule has 1 fully saturated rings. The van der Waals surface area contributed by atoms with Crippen LogP contribution in [-0.2, 0) is 9.53 Å². The van der Waals surface area contributed by atoms with Crippen LogP contribution in [0.25, 0.3) is 0 Å². The van der Waals surface area contributed by atoms with Gasteiger partial charge in [-0.25, -0.2) is 0 Å². The van der Waals surface area contributed by atoms with Crippen LogP contribution in [0, 0.1) is 16.7 Å². The first-order valence-electron chi connectivity index (χ1n) is 3.94. The zero-order valence-corrected chi connectivity index (χ0v) is 7.09. The summed E-state index contributed by atoms with van der Waals surface area (Å²) in [5, 5.41) is 11.3. The number of amides is 1. The van der Waals surface area contributed by atoms with E-state index in [9.17, 15) is 4.79 Å². The number of nitrogens with zero attached hydrogens (tertiary/aromatic N) is 1. The molecule has 1 saturated carbocycles. The molecular weight excluding hydrogens is 156 g/mol. The van der Waals surface area contributed by atoms with Crippen LogP contribution in [0.2, 0.25) is 0 Å². The van der Waals surface area contributed by atoms with Crippen molar-refractivity contribution in [3.63, 3.8) is 0 Å². The Hall–Kier alpha value is -1.08. The lowest BCUT2D eigenvalue weighted by atomic mass is 10.1. The Kier molecular flexibility index (Phi) is 2.66. The summed E-state index contributed by atoms with van der Waals surface area (Å²) in [6.45, 7) is 0.978. The summed E-state index contributed by atoms with van der Waals surface area (Å²) in [5.74, 6) is -0.151. The molecule has 1 aliphatic carbocycles. The number of carbonyl (C=O) groups is 1. The van der Waals surface area contributed by atoms with Crippen LogP contribution in [0.1, 0.15) is 12.8 Å². The van der Waals surface area contributed by atoms with Gasteiger partial charge in [-0.05, 0) is 12.8 Å². The van der Waals surface area contributed by atoms with E-state index in [1.165, 1.54) is 0 Å². The van der Waals surface area contributed by atoms with Gasteiger partial charge in [0.25, 0.3) is 0 Å². The van der Waals surface area contributed by atoms with Gasteiger partial charge in [0.1, 0.15) is 5.41 Å². The number of ether oxygens (including phenoxy) is 1. The van der Waals surface area contributed by atoms with Crippen molar-refractivity contribution in [1.29, 1.82) is 5.26 Å². The maximum Gasteiger partial charge on any atom is 0.240 e. The molecule has 12 heavy (non-hydrogen) atoms. The molecule has 4 nitrogen and oxygen atoms in total. The van der Waals surface area contributed by atoms with E-state index >= 15 is 0 Å². The molecule has 66 valence electrons. The van der Waals surface area contributed by atoms with Crippen molar-refractivity contribution in [2.45, 2.75) is 12.8 Å². The second kappa shape index (κ2) is 3.55. The Morgan fingerprint density at radius 1 is 1.75 bits per heavy atom. The maximum absolute atomic E-state index is 11.2. The highest BCUT2D eigenvalue weighted by Crippen LogP contribution is 2.44. The largest absolute Gasteiger partial charge is 0.383 e. The molecule has 1 N–H and O–H groups in total. The van der Waals surface area contributed by atoms with Gasteiger partial charge in [-0.15, -0.1) is 0 Å². The van der Waals surface area contributed by atoms with Crippen molar-refractivity contribution in [2.24, 2.45) is 5.41 Å². The summed E-state index contributed by atoms with van der Waals surface area (Å²) in [6.07, 6.45) is 1.39. The molecule has 1 aliphatic rings. The Morgan fingerprint density at radius 3 is 2.83 bits per heavy atom. The number of rotatable bonds is 4. The highest BCUT2D eigenvalue weighted by Gasteiger charge is 2.50. The second-order valence-corrected chi connectivity index (χ2v) is 2.94. The quantitative estimate of drug-likeness (QED) is 0.603. The van der Waals surface area contributed by atoms with Crippen molar-refractivity contribution in [1.82, 2.24) is 5.32 Å². The molecule has 0 spiro atoms. The van der Waals surface area contributed by atoms with E-state index in [0.717, 1.165) is 0 Å². The highest BCUT2D eigenvalue weighted by atomic mass is 16.5. The van der Waals surface area contributed by atoms with Gasteiger partial charge in [0.15, 0.2) is 0 Å². The normalized spacial score (nSPS) is 18.0. The summed E-state index contributed by atoms with van der Waals surface area (Å²) in [7, 11) is 1.57. The first-order valence-corrected chi connectivity index (χ1v) is 3.94. The van der Waals surface area contributed by atoms with Crippen LogP contribution < -0.4 is 5.32 Å².